The smallest absolute Gasteiger partial charge is 0.00170 e. The Balaban J connectivity index is 1.82. The SMILES string of the molecule is CC1CCCC(C2CCC(S)CC2)CC1. The lowest BCUT2D eigenvalue weighted by Crippen LogP contribution is -2.21. The van der Waals surface area contributed by atoms with Crippen LogP contribution in [0.25, 0.3) is 0 Å². The van der Waals surface area contributed by atoms with E-state index in [1.807, 2.05) is 0 Å². The van der Waals surface area contributed by atoms with Crippen LogP contribution in [0.4, 0.5) is 0 Å². The quantitative estimate of drug-likeness (QED) is 0.486. The summed E-state index contributed by atoms with van der Waals surface area (Å²) in [5.74, 6) is 3.12. The average molecular weight is 226 g/mol. The highest BCUT2D eigenvalue weighted by atomic mass is 32.1. The van der Waals surface area contributed by atoms with Crippen LogP contribution in [-0.2, 0) is 0 Å². The van der Waals surface area contributed by atoms with Crippen LogP contribution in [-0.4, -0.2) is 5.25 Å². The maximum atomic E-state index is 4.60. The van der Waals surface area contributed by atoms with Gasteiger partial charge < -0.3 is 0 Å². The van der Waals surface area contributed by atoms with E-state index >= 15 is 0 Å². The van der Waals surface area contributed by atoms with E-state index in [1.165, 1.54) is 57.8 Å². The summed E-state index contributed by atoms with van der Waals surface area (Å²) >= 11 is 4.60. The molecule has 88 valence electrons. The zero-order valence-corrected chi connectivity index (χ0v) is 11.0. The van der Waals surface area contributed by atoms with Crippen LogP contribution in [0.15, 0.2) is 0 Å². The standard InChI is InChI=1S/C14H26S/c1-11-3-2-4-12(6-5-11)13-7-9-14(15)10-8-13/h11-15H,2-10H2,1H3. The van der Waals surface area contributed by atoms with Crippen molar-refractivity contribution in [1.29, 1.82) is 0 Å². The second-order valence-corrected chi connectivity index (χ2v) is 6.67. The lowest BCUT2D eigenvalue weighted by atomic mass is 9.76. The fourth-order valence-electron chi connectivity index (χ4n) is 3.56. The van der Waals surface area contributed by atoms with Crippen molar-refractivity contribution in [2.24, 2.45) is 17.8 Å². The lowest BCUT2D eigenvalue weighted by Gasteiger charge is -2.32. The van der Waals surface area contributed by atoms with Crippen molar-refractivity contribution in [2.75, 3.05) is 0 Å². The fraction of sp³-hybridized carbons (Fsp3) is 1.00. The van der Waals surface area contributed by atoms with Crippen molar-refractivity contribution < 1.29 is 0 Å². The fourth-order valence-corrected chi connectivity index (χ4v) is 3.86. The topological polar surface area (TPSA) is 0 Å². The highest BCUT2D eigenvalue weighted by molar-refractivity contribution is 7.80. The molecule has 0 aromatic rings. The van der Waals surface area contributed by atoms with Crippen LogP contribution < -0.4 is 0 Å². The van der Waals surface area contributed by atoms with E-state index in [-0.39, 0.29) is 0 Å². The van der Waals surface area contributed by atoms with Gasteiger partial charge in [0.05, 0.1) is 0 Å². The molecular weight excluding hydrogens is 200 g/mol. The normalized spacial score (nSPS) is 43.6. The summed E-state index contributed by atoms with van der Waals surface area (Å²) in [4.78, 5) is 0. The molecule has 0 aromatic carbocycles. The second-order valence-electron chi connectivity index (χ2n) is 5.94. The molecule has 2 saturated carbocycles. The Morgan fingerprint density at radius 2 is 1.33 bits per heavy atom. The van der Waals surface area contributed by atoms with E-state index in [0.29, 0.717) is 5.25 Å². The number of thiol groups is 1. The molecule has 0 N–H and O–H groups in total. The van der Waals surface area contributed by atoms with E-state index in [2.05, 4.69) is 19.6 Å². The lowest BCUT2D eigenvalue weighted by molar-refractivity contribution is 0.229. The Kier molecular flexibility index (Phi) is 4.42. The van der Waals surface area contributed by atoms with Crippen LogP contribution in [0.1, 0.15) is 64.7 Å². The largest absolute Gasteiger partial charge is 0.176 e. The molecule has 2 fully saturated rings. The summed E-state index contributed by atoms with van der Waals surface area (Å²) in [5, 5.41) is 0.714. The van der Waals surface area contributed by atoms with Gasteiger partial charge in [-0.25, -0.2) is 0 Å². The molecule has 0 spiro atoms. The maximum absolute atomic E-state index is 4.60. The predicted molar refractivity (Wildman–Crippen MR) is 70.5 cm³/mol. The molecule has 2 rings (SSSR count). The van der Waals surface area contributed by atoms with Crippen molar-refractivity contribution >= 4 is 12.6 Å². The van der Waals surface area contributed by atoms with Crippen molar-refractivity contribution in [3.63, 3.8) is 0 Å². The molecule has 0 saturated heterocycles. The van der Waals surface area contributed by atoms with Gasteiger partial charge in [0.15, 0.2) is 0 Å². The zero-order chi connectivity index (χ0) is 10.7. The summed E-state index contributed by atoms with van der Waals surface area (Å²) in [5.41, 5.74) is 0. The molecule has 0 bridgehead atoms. The van der Waals surface area contributed by atoms with Crippen molar-refractivity contribution in [2.45, 2.75) is 70.0 Å². The molecule has 1 heteroatoms. The minimum atomic E-state index is 0.714. The van der Waals surface area contributed by atoms with Gasteiger partial charge in [-0.3, -0.25) is 0 Å². The first-order chi connectivity index (χ1) is 7.25. The summed E-state index contributed by atoms with van der Waals surface area (Å²) in [6, 6.07) is 0. The molecule has 2 aliphatic rings. The van der Waals surface area contributed by atoms with Gasteiger partial charge in [0.2, 0.25) is 0 Å². The van der Waals surface area contributed by atoms with Crippen LogP contribution >= 0.6 is 12.6 Å². The highest BCUT2D eigenvalue weighted by Gasteiger charge is 2.27. The minimum Gasteiger partial charge on any atom is -0.176 e. The molecule has 2 atom stereocenters. The number of hydrogen-bond donors (Lipinski definition) is 1. The Labute approximate surface area is 101 Å². The van der Waals surface area contributed by atoms with E-state index in [4.69, 9.17) is 0 Å². The summed E-state index contributed by atoms with van der Waals surface area (Å²) in [6.07, 6.45) is 13.2. The molecule has 2 unspecified atom stereocenters. The molecule has 0 aromatic heterocycles. The molecule has 0 heterocycles. The zero-order valence-electron chi connectivity index (χ0n) is 10.1. The third kappa shape index (κ3) is 3.41. The Morgan fingerprint density at radius 1 is 0.733 bits per heavy atom. The highest BCUT2D eigenvalue weighted by Crippen LogP contribution is 2.39. The third-order valence-corrected chi connectivity index (χ3v) is 5.23. The molecule has 2 aliphatic carbocycles. The van der Waals surface area contributed by atoms with Crippen LogP contribution in [0.3, 0.4) is 0 Å². The minimum absolute atomic E-state index is 0.714. The van der Waals surface area contributed by atoms with E-state index in [1.54, 1.807) is 0 Å². The van der Waals surface area contributed by atoms with Gasteiger partial charge in [-0.1, -0.05) is 32.6 Å². The van der Waals surface area contributed by atoms with Crippen molar-refractivity contribution in [1.82, 2.24) is 0 Å². The summed E-state index contributed by atoms with van der Waals surface area (Å²) < 4.78 is 0. The van der Waals surface area contributed by atoms with Gasteiger partial charge in [0.25, 0.3) is 0 Å². The van der Waals surface area contributed by atoms with Gasteiger partial charge in [-0.2, -0.15) is 12.6 Å². The average Bonchev–Trinajstić information content (AvgIpc) is 2.44. The molecule has 0 radical (unpaired) electrons. The van der Waals surface area contributed by atoms with Crippen LogP contribution in [0, 0.1) is 17.8 Å². The molecule has 0 nitrogen and oxygen atoms in total. The van der Waals surface area contributed by atoms with Gasteiger partial charge in [0.1, 0.15) is 0 Å². The first-order valence-electron chi connectivity index (χ1n) is 6.93. The summed E-state index contributed by atoms with van der Waals surface area (Å²) in [7, 11) is 0. The second kappa shape index (κ2) is 5.61. The maximum Gasteiger partial charge on any atom is 0.00170 e. The Hall–Kier alpha value is 0.350. The predicted octanol–water partition coefficient (Wildman–Crippen LogP) is 4.69. The molecular formula is C14H26S. The first-order valence-corrected chi connectivity index (χ1v) is 7.45. The van der Waals surface area contributed by atoms with E-state index in [9.17, 15) is 0 Å². The van der Waals surface area contributed by atoms with Crippen molar-refractivity contribution in [3.05, 3.63) is 0 Å². The van der Waals surface area contributed by atoms with Gasteiger partial charge in [-0.15, -0.1) is 0 Å². The first kappa shape index (κ1) is 11.8. The van der Waals surface area contributed by atoms with Crippen LogP contribution in [0.5, 0.6) is 0 Å². The van der Waals surface area contributed by atoms with Gasteiger partial charge in [0, 0.05) is 5.25 Å². The van der Waals surface area contributed by atoms with Gasteiger partial charge in [-0.05, 0) is 49.9 Å². The number of rotatable bonds is 1. The van der Waals surface area contributed by atoms with Crippen LogP contribution in [0.2, 0.25) is 0 Å². The van der Waals surface area contributed by atoms with Gasteiger partial charge >= 0.3 is 0 Å². The monoisotopic (exact) mass is 226 g/mol. The third-order valence-electron chi connectivity index (χ3n) is 4.71. The Bertz CT molecular complexity index is 182. The van der Waals surface area contributed by atoms with Crippen molar-refractivity contribution in [3.8, 4) is 0 Å². The molecule has 0 aliphatic heterocycles. The Morgan fingerprint density at radius 3 is 2.07 bits per heavy atom. The number of hydrogen-bond acceptors (Lipinski definition) is 1. The van der Waals surface area contributed by atoms with E-state index < -0.39 is 0 Å². The van der Waals surface area contributed by atoms with E-state index in [0.717, 1.165) is 17.8 Å². The molecule has 0 amide bonds. The summed E-state index contributed by atoms with van der Waals surface area (Å²) in [6.45, 7) is 2.44. The molecule has 15 heavy (non-hydrogen) atoms.